The third kappa shape index (κ3) is 4.37. The highest BCUT2D eigenvalue weighted by atomic mass is 16.6. The van der Waals surface area contributed by atoms with Crippen molar-refractivity contribution in [2.24, 2.45) is 0 Å². The summed E-state index contributed by atoms with van der Waals surface area (Å²) >= 11 is 0. The molecule has 0 spiro atoms. The van der Waals surface area contributed by atoms with Crippen LogP contribution >= 0.6 is 0 Å². The van der Waals surface area contributed by atoms with Crippen molar-refractivity contribution in [3.8, 4) is 0 Å². The van der Waals surface area contributed by atoms with Gasteiger partial charge in [0.05, 0.1) is 6.61 Å². The molecule has 0 bridgehead atoms. The molecule has 1 heterocycles. The summed E-state index contributed by atoms with van der Waals surface area (Å²) in [7, 11) is 0. The number of carbonyl (C=O) groups is 2. The topological polar surface area (TPSA) is 55.8 Å². The lowest BCUT2D eigenvalue weighted by atomic mass is 9.91. The van der Waals surface area contributed by atoms with Crippen LogP contribution < -0.4 is 0 Å². The molecular weight excluding hydrogens is 390 g/mol. The first kappa shape index (κ1) is 20.8. The van der Waals surface area contributed by atoms with E-state index in [1.54, 1.807) is 0 Å². The minimum atomic E-state index is -0.936. The lowest BCUT2D eigenvalue weighted by molar-refractivity contribution is -0.143. The Morgan fingerprint density at radius 2 is 1.48 bits per heavy atom. The van der Waals surface area contributed by atoms with Crippen LogP contribution in [0.25, 0.3) is 0 Å². The Balaban J connectivity index is 1.68. The van der Waals surface area contributed by atoms with Gasteiger partial charge in [0, 0.05) is 0 Å². The highest BCUT2D eigenvalue weighted by Crippen LogP contribution is 2.42. The predicted molar refractivity (Wildman–Crippen MR) is 117 cm³/mol. The van der Waals surface area contributed by atoms with Crippen molar-refractivity contribution in [1.29, 1.82) is 0 Å². The van der Waals surface area contributed by atoms with Gasteiger partial charge in [-0.3, -0.25) is 4.79 Å². The maximum atomic E-state index is 13.7. The van der Waals surface area contributed by atoms with Crippen LogP contribution in [0.5, 0.6) is 0 Å². The molecule has 0 aliphatic carbocycles. The van der Waals surface area contributed by atoms with Crippen LogP contribution in [0.4, 0.5) is 4.79 Å². The van der Waals surface area contributed by atoms with Crippen LogP contribution in [0.3, 0.4) is 0 Å². The molecule has 5 heteroatoms. The molecule has 3 aromatic carbocycles. The predicted octanol–water partition coefficient (Wildman–Crippen LogP) is 5.44. The summed E-state index contributed by atoms with van der Waals surface area (Å²) in [5.74, 6) is -0.438. The van der Waals surface area contributed by atoms with Crippen LogP contribution in [0.15, 0.2) is 91.0 Å². The first-order valence-electron chi connectivity index (χ1n) is 10.3. The van der Waals surface area contributed by atoms with Gasteiger partial charge in [-0.25, -0.2) is 9.69 Å². The second kappa shape index (κ2) is 8.74. The SMILES string of the molecule is CC1(C)OC(=O)N(C(=O)[C@H](OCc2ccccc2)c2ccccc2)[C@H]1c1ccccc1. The van der Waals surface area contributed by atoms with Crippen molar-refractivity contribution in [3.63, 3.8) is 0 Å². The van der Waals surface area contributed by atoms with Crippen molar-refractivity contribution < 1.29 is 19.1 Å². The van der Waals surface area contributed by atoms with Gasteiger partial charge in [-0.1, -0.05) is 91.0 Å². The molecule has 2 atom stereocenters. The number of cyclic esters (lactones) is 1. The number of hydrogen-bond donors (Lipinski definition) is 0. The lowest BCUT2D eigenvalue weighted by Crippen LogP contribution is -2.41. The van der Waals surface area contributed by atoms with Crippen LogP contribution in [-0.2, 0) is 20.9 Å². The average molecular weight is 415 g/mol. The monoisotopic (exact) mass is 415 g/mol. The molecule has 2 amide bonds. The molecule has 0 saturated carbocycles. The number of nitrogens with zero attached hydrogens (tertiary/aromatic N) is 1. The second-order valence-electron chi connectivity index (χ2n) is 8.08. The average Bonchev–Trinajstić information content (AvgIpc) is 3.03. The van der Waals surface area contributed by atoms with Gasteiger partial charge in [-0.15, -0.1) is 0 Å². The van der Waals surface area contributed by atoms with Gasteiger partial charge in [0.2, 0.25) is 0 Å². The van der Waals surface area contributed by atoms with E-state index in [-0.39, 0.29) is 6.61 Å². The molecule has 3 aromatic rings. The third-order valence-electron chi connectivity index (χ3n) is 5.40. The quantitative estimate of drug-likeness (QED) is 0.538. The van der Waals surface area contributed by atoms with E-state index < -0.39 is 29.7 Å². The van der Waals surface area contributed by atoms with Gasteiger partial charge in [-0.05, 0) is 30.5 Å². The molecular formula is C26H25NO4. The standard InChI is InChI=1S/C26H25NO4/c1-26(2)23(21-16-10-5-11-17-21)27(25(29)31-26)24(28)22(20-14-8-4-9-15-20)30-18-19-12-6-3-7-13-19/h3-17,22-23H,18H2,1-2H3/t22-,23+/m1/s1. The van der Waals surface area contributed by atoms with E-state index in [1.807, 2.05) is 105 Å². The summed E-state index contributed by atoms with van der Waals surface area (Å²) in [6.45, 7) is 3.88. The van der Waals surface area contributed by atoms with Gasteiger partial charge in [0.25, 0.3) is 5.91 Å². The van der Waals surface area contributed by atoms with Crippen LogP contribution in [0.2, 0.25) is 0 Å². The molecule has 0 unspecified atom stereocenters. The first-order chi connectivity index (χ1) is 15.0. The number of ether oxygens (including phenoxy) is 2. The molecule has 0 aromatic heterocycles. The number of imide groups is 1. The van der Waals surface area contributed by atoms with E-state index in [0.29, 0.717) is 5.56 Å². The summed E-state index contributed by atoms with van der Waals surface area (Å²) in [6, 6.07) is 27.8. The highest BCUT2D eigenvalue weighted by Gasteiger charge is 2.52. The Kier molecular flexibility index (Phi) is 5.87. The smallest absolute Gasteiger partial charge is 0.417 e. The molecule has 5 nitrogen and oxygen atoms in total. The van der Waals surface area contributed by atoms with E-state index >= 15 is 0 Å². The Morgan fingerprint density at radius 3 is 2.10 bits per heavy atom. The summed E-state index contributed by atoms with van der Waals surface area (Å²) in [5, 5.41) is 0. The van der Waals surface area contributed by atoms with Crippen molar-refractivity contribution in [3.05, 3.63) is 108 Å². The van der Waals surface area contributed by atoms with Gasteiger partial charge in [-0.2, -0.15) is 0 Å². The Labute approximate surface area is 182 Å². The van der Waals surface area contributed by atoms with E-state index in [2.05, 4.69) is 0 Å². The number of amides is 2. The van der Waals surface area contributed by atoms with Crippen molar-refractivity contribution in [2.75, 3.05) is 0 Å². The fourth-order valence-electron chi connectivity index (χ4n) is 3.97. The molecule has 158 valence electrons. The zero-order chi connectivity index (χ0) is 21.8. The zero-order valence-corrected chi connectivity index (χ0v) is 17.6. The van der Waals surface area contributed by atoms with Gasteiger partial charge in [0.15, 0.2) is 6.10 Å². The molecule has 1 saturated heterocycles. The molecule has 1 aliphatic heterocycles. The molecule has 31 heavy (non-hydrogen) atoms. The first-order valence-corrected chi connectivity index (χ1v) is 10.3. The molecule has 4 rings (SSSR count). The number of carbonyl (C=O) groups excluding carboxylic acids is 2. The van der Waals surface area contributed by atoms with Crippen LogP contribution in [-0.4, -0.2) is 22.5 Å². The van der Waals surface area contributed by atoms with Crippen LogP contribution in [0.1, 0.15) is 42.7 Å². The zero-order valence-electron chi connectivity index (χ0n) is 17.6. The van der Waals surface area contributed by atoms with Gasteiger partial charge >= 0.3 is 6.09 Å². The second-order valence-corrected chi connectivity index (χ2v) is 8.08. The Morgan fingerprint density at radius 1 is 0.935 bits per heavy atom. The fraction of sp³-hybridized carbons (Fsp3) is 0.231. The molecule has 0 N–H and O–H groups in total. The van der Waals surface area contributed by atoms with Crippen molar-refractivity contribution in [1.82, 2.24) is 4.90 Å². The largest absolute Gasteiger partial charge is 0.440 e. The fourth-order valence-corrected chi connectivity index (χ4v) is 3.97. The number of benzene rings is 3. The van der Waals surface area contributed by atoms with Crippen molar-refractivity contribution >= 4 is 12.0 Å². The minimum Gasteiger partial charge on any atom is -0.440 e. The molecule has 0 radical (unpaired) electrons. The maximum absolute atomic E-state index is 13.7. The Bertz CT molecular complexity index is 1030. The molecule has 1 aliphatic rings. The Hall–Kier alpha value is -3.44. The van der Waals surface area contributed by atoms with Gasteiger partial charge in [0.1, 0.15) is 11.6 Å². The van der Waals surface area contributed by atoms with E-state index in [0.717, 1.165) is 11.1 Å². The van der Waals surface area contributed by atoms with E-state index in [1.165, 1.54) is 4.90 Å². The summed E-state index contributed by atoms with van der Waals surface area (Å²) in [5.41, 5.74) is 1.60. The number of hydrogen-bond acceptors (Lipinski definition) is 4. The third-order valence-corrected chi connectivity index (χ3v) is 5.40. The summed E-state index contributed by atoms with van der Waals surface area (Å²) < 4.78 is 11.7. The summed E-state index contributed by atoms with van der Waals surface area (Å²) in [4.78, 5) is 27.8. The van der Waals surface area contributed by atoms with Crippen molar-refractivity contribution in [2.45, 2.75) is 38.2 Å². The molecule has 1 fully saturated rings. The highest BCUT2D eigenvalue weighted by molar-refractivity contribution is 5.97. The normalized spacial score (nSPS) is 18.5. The maximum Gasteiger partial charge on any atom is 0.417 e. The van der Waals surface area contributed by atoms with E-state index in [4.69, 9.17) is 9.47 Å². The minimum absolute atomic E-state index is 0.244. The number of rotatable bonds is 6. The van der Waals surface area contributed by atoms with E-state index in [9.17, 15) is 9.59 Å². The van der Waals surface area contributed by atoms with Gasteiger partial charge < -0.3 is 9.47 Å². The van der Waals surface area contributed by atoms with Crippen LogP contribution in [0, 0.1) is 0 Å². The summed E-state index contributed by atoms with van der Waals surface area (Å²) in [6.07, 6.45) is -1.60. The lowest BCUT2D eigenvalue weighted by Gasteiger charge is -2.30.